The van der Waals surface area contributed by atoms with Crippen LogP contribution in [-0.2, 0) is 9.53 Å². The molecule has 2 rings (SSSR count). The number of carbonyl (C=O) groups excluding carboxylic acids is 1. The molecule has 1 fully saturated rings. The predicted molar refractivity (Wildman–Crippen MR) is 96.7 cm³/mol. The van der Waals surface area contributed by atoms with Crippen molar-refractivity contribution in [3.8, 4) is 0 Å². The standard InChI is InChI=1S/C21H31O4/c1-14-6-9-18(22)15(19(23)25-5)7-8-17-16(20(2,3)24)11-13-21(17,4)12-10-14/h7-8,16,18,22H,1,6,9-13H2,2-5H3/q-1/b15-7+,17-8+/t16-,18?,21-/m1/s1. The average Bonchev–Trinajstić information content (AvgIpc) is 2.87. The van der Waals surface area contributed by atoms with E-state index in [0.717, 1.165) is 36.8 Å². The lowest BCUT2D eigenvalue weighted by atomic mass is 9.74. The molecule has 0 aromatic rings. The number of hydrogen-bond acceptors (Lipinski definition) is 4. The highest BCUT2D eigenvalue weighted by atomic mass is 16.5. The molecule has 0 aromatic heterocycles. The van der Waals surface area contributed by atoms with Crippen LogP contribution in [0.4, 0.5) is 0 Å². The van der Waals surface area contributed by atoms with E-state index in [4.69, 9.17) is 4.74 Å². The summed E-state index contributed by atoms with van der Waals surface area (Å²) in [7, 11) is 1.32. The molecule has 25 heavy (non-hydrogen) atoms. The van der Waals surface area contributed by atoms with Crippen molar-refractivity contribution < 1.29 is 19.7 Å². The molecular formula is C21H31O4-. The quantitative estimate of drug-likeness (QED) is 0.616. The van der Waals surface area contributed by atoms with Crippen molar-refractivity contribution >= 4 is 5.97 Å². The summed E-state index contributed by atoms with van der Waals surface area (Å²) in [4.78, 5) is 12.1. The van der Waals surface area contributed by atoms with Crippen LogP contribution in [-0.4, -0.2) is 29.9 Å². The van der Waals surface area contributed by atoms with Gasteiger partial charge < -0.3 is 14.9 Å². The molecule has 0 spiro atoms. The molecule has 1 saturated carbocycles. The Morgan fingerprint density at radius 1 is 1.32 bits per heavy atom. The van der Waals surface area contributed by atoms with Crippen LogP contribution in [0.2, 0.25) is 0 Å². The number of aliphatic hydroxyl groups excluding tert-OH is 1. The fourth-order valence-electron chi connectivity index (χ4n) is 4.18. The Hall–Kier alpha value is -1.39. The molecule has 0 aliphatic heterocycles. The van der Waals surface area contributed by atoms with Gasteiger partial charge in [0.1, 0.15) is 0 Å². The van der Waals surface area contributed by atoms with E-state index in [1.807, 2.05) is 6.08 Å². The summed E-state index contributed by atoms with van der Waals surface area (Å²) < 4.78 is 4.84. The Morgan fingerprint density at radius 3 is 2.60 bits per heavy atom. The van der Waals surface area contributed by atoms with Crippen molar-refractivity contribution in [2.75, 3.05) is 7.11 Å². The SMILES string of the molecule is C=C1CCC(O)/C(C(=O)OC)=C\C=C2/[C@H](C(C)(C)[O-])CC[C@@]2(C)CC1. The van der Waals surface area contributed by atoms with Gasteiger partial charge in [0.25, 0.3) is 0 Å². The maximum absolute atomic E-state index is 12.7. The highest BCUT2D eigenvalue weighted by Gasteiger charge is 2.42. The maximum Gasteiger partial charge on any atom is 0.336 e. The van der Waals surface area contributed by atoms with Crippen LogP contribution in [0.3, 0.4) is 0 Å². The van der Waals surface area contributed by atoms with Gasteiger partial charge in [0.15, 0.2) is 0 Å². The van der Waals surface area contributed by atoms with E-state index < -0.39 is 17.7 Å². The minimum Gasteiger partial charge on any atom is -0.849 e. The van der Waals surface area contributed by atoms with Crippen LogP contribution in [0.25, 0.3) is 0 Å². The van der Waals surface area contributed by atoms with E-state index in [1.165, 1.54) is 7.11 Å². The summed E-state index contributed by atoms with van der Waals surface area (Å²) in [6, 6.07) is 0. The normalized spacial score (nSPS) is 35.7. The van der Waals surface area contributed by atoms with Gasteiger partial charge in [-0.3, -0.25) is 0 Å². The Kier molecular flexibility index (Phi) is 5.95. The molecule has 1 unspecified atom stereocenters. The lowest BCUT2D eigenvalue weighted by Gasteiger charge is -2.41. The topological polar surface area (TPSA) is 69.6 Å². The zero-order valence-corrected chi connectivity index (χ0v) is 15.9. The highest BCUT2D eigenvalue weighted by Crippen LogP contribution is 2.52. The van der Waals surface area contributed by atoms with E-state index >= 15 is 0 Å². The number of methoxy groups -OCH3 is 1. The first-order valence-corrected chi connectivity index (χ1v) is 9.14. The lowest BCUT2D eigenvalue weighted by molar-refractivity contribution is -0.476. The van der Waals surface area contributed by atoms with E-state index in [0.29, 0.717) is 12.8 Å². The fraction of sp³-hybridized carbons (Fsp3) is 0.667. The van der Waals surface area contributed by atoms with Gasteiger partial charge in [-0.05, 0) is 55.9 Å². The third kappa shape index (κ3) is 4.42. The number of allylic oxidation sites excluding steroid dienone is 3. The monoisotopic (exact) mass is 347 g/mol. The average molecular weight is 347 g/mol. The first-order valence-electron chi connectivity index (χ1n) is 9.14. The third-order valence-corrected chi connectivity index (χ3v) is 5.92. The van der Waals surface area contributed by atoms with E-state index in [9.17, 15) is 15.0 Å². The van der Waals surface area contributed by atoms with Crippen molar-refractivity contribution in [3.05, 3.63) is 35.5 Å². The molecule has 0 heterocycles. The molecule has 4 heteroatoms. The van der Waals surface area contributed by atoms with Crippen LogP contribution in [0.5, 0.6) is 0 Å². The zero-order valence-electron chi connectivity index (χ0n) is 15.9. The minimum absolute atomic E-state index is 0.0672. The molecular weight excluding hydrogens is 316 g/mol. The Labute approximate surface area is 151 Å². The maximum atomic E-state index is 12.7. The molecule has 0 bridgehead atoms. The number of fused-ring (bicyclic) bond motifs is 1. The predicted octanol–water partition coefficient (Wildman–Crippen LogP) is 3.06. The van der Waals surface area contributed by atoms with Crippen LogP contribution >= 0.6 is 0 Å². The Morgan fingerprint density at radius 2 is 2.00 bits per heavy atom. The van der Waals surface area contributed by atoms with Gasteiger partial charge in [-0.2, -0.15) is 0 Å². The molecule has 4 nitrogen and oxygen atoms in total. The van der Waals surface area contributed by atoms with Crippen molar-refractivity contribution in [2.45, 2.75) is 71.0 Å². The molecule has 0 radical (unpaired) electrons. The van der Waals surface area contributed by atoms with Crippen LogP contribution < -0.4 is 5.11 Å². The summed E-state index contributed by atoms with van der Waals surface area (Å²) in [6.45, 7) is 9.79. The van der Waals surface area contributed by atoms with Crippen molar-refractivity contribution in [2.24, 2.45) is 11.3 Å². The van der Waals surface area contributed by atoms with E-state index in [2.05, 4.69) is 13.5 Å². The summed E-state index contributed by atoms with van der Waals surface area (Å²) in [5, 5.41) is 23.1. The van der Waals surface area contributed by atoms with Gasteiger partial charge in [0, 0.05) is 0 Å². The van der Waals surface area contributed by atoms with Gasteiger partial charge in [0.2, 0.25) is 0 Å². The number of carbonyl (C=O) groups is 1. The van der Waals surface area contributed by atoms with Crippen molar-refractivity contribution in [3.63, 3.8) is 0 Å². The highest BCUT2D eigenvalue weighted by molar-refractivity contribution is 5.89. The number of esters is 1. The number of aliphatic hydroxyl groups is 1. The smallest absolute Gasteiger partial charge is 0.336 e. The lowest BCUT2D eigenvalue weighted by Crippen LogP contribution is -2.44. The Bertz CT molecular complexity index is 594. The minimum atomic E-state index is -1.07. The van der Waals surface area contributed by atoms with Crippen LogP contribution in [0.15, 0.2) is 35.5 Å². The molecule has 2 aliphatic rings. The van der Waals surface area contributed by atoms with Crippen LogP contribution in [0.1, 0.15) is 59.3 Å². The number of rotatable bonds is 2. The largest absolute Gasteiger partial charge is 0.849 e. The van der Waals surface area contributed by atoms with Crippen molar-refractivity contribution in [1.29, 1.82) is 0 Å². The second-order valence-corrected chi connectivity index (χ2v) is 8.30. The fourth-order valence-corrected chi connectivity index (χ4v) is 4.18. The van der Waals surface area contributed by atoms with Crippen molar-refractivity contribution in [1.82, 2.24) is 0 Å². The van der Waals surface area contributed by atoms with Gasteiger partial charge in [0.05, 0.1) is 18.8 Å². The molecule has 0 aromatic carbocycles. The molecule has 1 N–H and O–H groups in total. The summed E-state index contributed by atoms with van der Waals surface area (Å²) in [6.07, 6.45) is 7.46. The molecule has 140 valence electrons. The van der Waals surface area contributed by atoms with Crippen LogP contribution in [0, 0.1) is 11.3 Å². The summed E-state index contributed by atoms with van der Waals surface area (Å²) >= 11 is 0. The second kappa shape index (κ2) is 7.46. The molecule has 2 aliphatic carbocycles. The summed E-state index contributed by atoms with van der Waals surface area (Å²) in [5.41, 5.74) is 1.29. The van der Waals surface area contributed by atoms with Gasteiger partial charge in [-0.1, -0.05) is 44.6 Å². The number of ether oxygens (including phenoxy) is 1. The van der Waals surface area contributed by atoms with Gasteiger partial charge >= 0.3 is 5.97 Å². The molecule has 0 amide bonds. The molecule has 3 atom stereocenters. The second-order valence-electron chi connectivity index (χ2n) is 8.30. The zero-order chi connectivity index (χ0) is 18.8. The first kappa shape index (κ1) is 19.9. The summed E-state index contributed by atoms with van der Waals surface area (Å²) in [5.74, 6) is -0.592. The molecule has 0 saturated heterocycles. The third-order valence-electron chi connectivity index (χ3n) is 5.92. The Balaban J connectivity index is 2.52. The van der Waals surface area contributed by atoms with E-state index in [1.54, 1.807) is 19.9 Å². The van der Waals surface area contributed by atoms with E-state index in [-0.39, 0.29) is 16.9 Å². The van der Waals surface area contributed by atoms with Gasteiger partial charge in [-0.25, -0.2) is 4.79 Å². The van der Waals surface area contributed by atoms with Gasteiger partial charge in [-0.15, -0.1) is 5.60 Å². The number of hydrogen-bond donors (Lipinski definition) is 1. The first-order chi connectivity index (χ1) is 11.6.